The van der Waals surface area contributed by atoms with Crippen molar-refractivity contribution in [1.29, 1.82) is 0 Å². The molecule has 0 spiro atoms. The molecule has 1 aliphatic rings. The maximum Gasteiger partial charge on any atom is 0.407 e. The van der Waals surface area contributed by atoms with Gasteiger partial charge in [0.05, 0.1) is 18.8 Å². The van der Waals surface area contributed by atoms with Gasteiger partial charge >= 0.3 is 6.09 Å². The molecule has 0 aromatic carbocycles. The fraction of sp³-hybridized carbons (Fsp3) is 0.867. The van der Waals surface area contributed by atoms with E-state index in [-0.39, 0.29) is 24.0 Å². The van der Waals surface area contributed by atoms with Crippen molar-refractivity contribution in [3.8, 4) is 0 Å². The van der Waals surface area contributed by atoms with Crippen molar-refractivity contribution in [3.63, 3.8) is 0 Å². The Hall–Kier alpha value is -1.30. The van der Waals surface area contributed by atoms with Crippen LogP contribution in [0, 0.1) is 5.92 Å². The standard InChI is InChI=1S/C15H28N2O4/c1-4-13(18)8-11-7-12(16-15(20)21-6-3)10-17(9-11)14(19)5-2/h11-13,18H,4-10H2,1-3H3,(H,16,20). The molecule has 1 saturated heterocycles. The fourth-order valence-corrected chi connectivity index (χ4v) is 2.80. The van der Waals surface area contributed by atoms with E-state index in [1.807, 2.05) is 13.8 Å². The Bertz CT molecular complexity index is 349. The van der Waals surface area contributed by atoms with Gasteiger partial charge in [-0.1, -0.05) is 13.8 Å². The highest BCUT2D eigenvalue weighted by atomic mass is 16.5. The summed E-state index contributed by atoms with van der Waals surface area (Å²) in [4.78, 5) is 25.3. The van der Waals surface area contributed by atoms with Gasteiger partial charge in [-0.15, -0.1) is 0 Å². The Balaban J connectivity index is 2.65. The lowest BCUT2D eigenvalue weighted by Gasteiger charge is -2.38. The average Bonchev–Trinajstić information content (AvgIpc) is 2.46. The number of nitrogens with one attached hydrogen (secondary N) is 1. The zero-order valence-corrected chi connectivity index (χ0v) is 13.3. The van der Waals surface area contributed by atoms with Crippen LogP contribution in [0.4, 0.5) is 4.79 Å². The first kappa shape index (κ1) is 17.8. The topological polar surface area (TPSA) is 78.9 Å². The highest BCUT2D eigenvalue weighted by molar-refractivity contribution is 5.76. The first-order valence-corrected chi connectivity index (χ1v) is 7.89. The van der Waals surface area contributed by atoms with Crippen molar-refractivity contribution in [1.82, 2.24) is 10.2 Å². The number of piperidine rings is 1. The van der Waals surface area contributed by atoms with Gasteiger partial charge in [-0.25, -0.2) is 4.79 Å². The molecule has 122 valence electrons. The maximum absolute atomic E-state index is 11.9. The van der Waals surface area contributed by atoms with E-state index < -0.39 is 6.09 Å². The quantitative estimate of drug-likeness (QED) is 0.779. The summed E-state index contributed by atoms with van der Waals surface area (Å²) < 4.78 is 4.90. The van der Waals surface area contributed by atoms with Gasteiger partial charge in [0.25, 0.3) is 0 Å². The highest BCUT2D eigenvalue weighted by Gasteiger charge is 2.31. The number of hydrogen-bond acceptors (Lipinski definition) is 4. The Labute approximate surface area is 126 Å². The van der Waals surface area contributed by atoms with E-state index in [9.17, 15) is 14.7 Å². The van der Waals surface area contributed by atoms with E-state index in [0.29, 0.717) is 39.0 Å². The third-order valence-corrected chi connectivity index (χ3v) is 3.87. The summed E-state index contributed by atoms with van der Waals surface area (Å²) in [6.45, 7) is 7.04. The van der Waals surface area contributed by atoms with Gasteiger partial charge < -0.3 is 20.1 Å². The van der Waals surface area contributed by atoms with Crippen LogP contribution in [-0.4, -0.2) is 53.8 Å². The Morgan fingerprint density at radius 3 is 2.62 bits per heavy atom. The molecule has 2 N–H and O–H groups in total. The number of likely N-dealkylation sites (tertiary alicyclic amines) is 1. The van der Waals surface area contributed by atoms with Crippen molar-refractivity contribution in [2.24, 2.45) is 5.92 Å². The minimum atomic E-state index is -0.442. The van der Waals surface area contributed by atoms with E-state index in [2.05, 4.69) is 5.32 Å². The second-order valence-corrected chi connectivity index (χ2v) is 5.61. The lowest BCUT2D eigenvalue weighted by molar-refractivity contribution is -0.133. The lowest BCUT2D eigenvalue weighted by atomic mass is 9.88. The van der Waals surface area contributed by atoms with Gasteiger partial charge in [0.15, 0.2) is 0 Å². The van der Waals surface area contributed by atoms with Gasteiger partial charge in [0, 0.05) is 19.5 Å². The first-order chi connectivity index (χ1) is 9.99. The molecule has 0 bridgehead atoms. The Morgan fingerprint density at radius 1 is 1.33 bits per heavy atom. The highest BCUT2D eigenvalue weighted by Crippen LogP contribution is 2.23. The monoisotopic (exact) mass is 300 g/mol. The molecule has 6 nitrogen and oxygen atoms in total. The van der Waals surface area contributed by atoms with Crippen LogP contribution < -0.4 is 5.32 Å². The zero-order valence-electron chi connectivity index (χ0n) is 13.3. The SMILES string of the molecule is CCOC(=O)NC1CC(CC(O)CC)CN(C(=O)CC)C1. The minimum absolute atomic E-state index is 0.0846. The number of alkyl carbamates (subject to hydrolysis) is 1. The normalized spacial score (nSPS) is 23.5. The molecule has 1 aliphatic heterocycles. The third kappa shape index (κ3) is 5.91. The number of amides is 2. The number of nitrogens with zero attached hydrogens (tertiary/aromatic N) is 1. The van der Waals surface area contributed by atoms with Crippen molar-refractivity contribution in [3.05, 3.63) is 0 Å². The van der Waals surface area contributed by atoms with Gasteiger partial charge in [-0.3, -0.25) is 4.79 Å². The van der Waals surface area contributed by atoms with E-state index in [4.69, 9.17) is 4.74 Å². The largest absolute Gasteiger partial charge is 0.450 e. The molecule has 1 rings (SSSR count). The summed E-state index contributed by atoms with van der Waals surface area (Å²) in [6, 6.07) is -0.109. The molecule has 0 radical (unpaired) electrons. The number of carbonyl (C=O) groups is 2. The predicted molar refractivity (Wildman–Crippen MR) is 79.8 cm³/mol. The van der Waals surface area contributed by atoms with E-state index in [1.54, 1.807) is 11.8 Å². The average molecular weight is 300 g/mol. The van der Waals surface area contributed by atoms with Crippen LogP contribution in [0.25, 0.3) is 0 Å². The molecule has 0 aromatic rings. The first-order valence-electron chi connectivity index (χ1n) is 7.89. The number of hydrogen-bond donors (Lipinski definition) is 2. The predicted octanol–water partition coefficient (Wildman–Crippen LogP) is 1.52. The van der Waals surface area contributed by atoms with Crippen LogP contribution >= 0.6 is 0 Å². The summed E-state index contributed by atoms with van der Waals surface area (Å²) in [5.74, 6) is 0.289. The summed E-state index contributed by atoms with van der Waals surface area (Å²) in [5, 5.41) is 12.6. The van der Waals surface area contributed by atoms with Crippen molar-refractivity contribution in [2.75, 3.05) is 19.7 Å². The second-order valence-electron chi connectivity index (χ2n) is 5.61. The number of aliphatic hydroxyl groups excluding tert-OH is 1. The summed E-state index contributed by atoms with van der Waals surface area (Å²) in [5.41, 5.74) is 0. The van der Waals surface area contributed by atoms with Crippen molar-refractivity contribution in [2.45, 2.75) is 58.6 Å². The molecule has 2 amide bonds. The molecule has 0 aromatic heterocycles. The molecule has 3 atom stereocenters. The van der Waals surface area contributed by atoms with Crippen LogP contribution in [0.2, 0.25) is 0 Å². The van der Waals surface area contributed by atoms with Gasteiger partial charge in [-0.05, 0) is 32.1 Å². The summed E-state index contributed by atoms with van der Waals surface area (Å²) >= 11 is 0. The Kier molecular flexibility index (Phi) is 7.50. The maximum atomic E-state index is 11.9. The van der Waals surface area contributed by atoms with Crippen molar-refractivity contribution >= 4 is 12.0 Å². The van der Waals surface area contributed by atoms with Crippen LogP contribution in [0.15, 0.2) is 0 Å². The number of rotatable bonds is 6. The molecule has 21 heavy (non-hydrogen) atoms. The molecule has 1 heterocycles. The fourth-order valence-electron chi connectivity index (χ4n) is 2.80. The van der Waals surface area contributed by atoms with Crippen LogP contribution in [0.3, 0.4) is 0 Å². The number of aliphatic hydroxyl groups is 1. The molecule has 3 unspecified atom stereocenters. The smallest absolute Gasteiger partial charge is 0.407 e. The van der Waals surface area contributed by atoms with Crippen LogP contribution in [-0.2, 0) is 9.53 Å². The number of ether oxygens (including phenoxy) is 1. The van der Waals surface area contributed by atoms with Gasteiger partial charge in [-0.2, -0.15) is 0 Å². The molecule has 1 fully saturated rings. The second kappa shape index (κ2) is 8.87. The summed E-state index contributed by atoms with van der Waals surface area (Å²) in [7, 11) is 0. The lowest BCUT2D eigenvalue weighted by Crippen LogP contribution is -2.53. The zero-order chi connectivity index (χ0) is 15.8. The molecule has 0 saturated carbocycles. The third-order valence-electron chi connectivity index (χ3n) is 3.87. The van der Waals surface area contributed by atoms with Gasteiger partial charge in [0.2, 0.25) is 5.91 Å². The molecular formula is C15H28N2O4. The molecule has 6 heteroatoms. The van der Waals surface area contributed by atoms with E-state index >= 15 is 0 Å². The number of carbonyl (C=O) groups excluding carboxylic acids is 2. The van der Waals surface area contributed by atoms with Crippen LogP contribution in [0.1, 0.15) is 46.5 Å². The van der Waals surface area contributed by atoms with Gasteiger partial charge in [0.1, 0.15) is 0 Å². The van der Waals surface area contributed by atoms with E-state index in [0.717, 1.165) is 6.42 Å². The summed E-state index contributed by atoms with van der Waals surface area (Å²) in [6.07, 6.45) is 1.79. The van der Waals surface area contributed by atoms with Crippen molar-refractivity contribution < 1.29 is 19.4 Å². The van der Waals surface area contributed by atoms with Crippen LogP contribution in [0.5, 0.6) is 0 Å². The minimum Gasteiger partial charge on any atom is -0.450 e. The molecule has 0 aliphatic carbocycles. The molecular weight excluding hydrogens is 272 g/mol. The Morgan fingerprint density at radius 2 is 2.05 bits per heavy atom. The van der Waals surface area contributed by atoms with E-state index in [1.165, 1.54) is 0 Å².